The average Bonchev–Trinajstić information content (AvgIpc) is 2.66. The van der Waals surface area contributed by atoms with E-state index in [1.54, 1.807) is 12.1 Å². The summed E-state index contributed by atoms with van der Waals surface area (Å²) >= 11 is 5.93. The van der Waals surface area contributed by atoms with Gasteiger partial charge in [-0.05, 0) is 41.3 Å². The first kappa shape index (κ1) is 19.2. The van der Waals surface area contributed by atoms with E-state index >= 15 is 0 Å². The summed E-state index contributed by atoms with van der Waals surface area (Å²) in [6.07, 6.45) is -3.41. The van der Waals surface area contributed by atoms with E-state index in [0.29, 0.717) is 17.5 Å². The molecule has 0 aliphatic heterocycles. The van der Waals surface area contributed by atoms with Crippen molar-refractivity contribution >= 4 is 17.9 Å². The van der Waals surface area contributed by atoms with Crippen LogP contribution in [0.4, 0.5) is 13.2 Å². The minimum Gasteiger partial charge on any atom is -0.298 e. The largest absolute Gasteiger partial charge is 0.416 e. The number of hydrogen-bond donors (Lipinski definition) is 0. The average molecular weight is 389 g/mol. The highest BCUT2D eigenvalue weighted by Gasteiger charge is 2.31. The summed E-state index contributed by atoms with van der Waals surface area (Å²) in [5, 5.41) is 0.0373. The molecule has 0 heterocycles. The van der Waals surface area contributed by atoms with E-state index in [4.69, 9.17) is 11.6 Å². The van der Waals surface area contributed by atoms with Crippen LogP contribution in [0, 0.1) is 0 Å². The lowest BCUT2D eigenvalue weighted by Gasteiger charge is -2.21. The summed E-state index contributed by atoms with van der Waals surface area (Å²) in [4.78, 5) is 11.5. The lowest BCUT2D eigenvalue weighted by atomic mass is 9.83. The van der Waals surface area contributed by atoms with E-state index in [-0.39, 0.29) is 10.9 Å². The second-order valence-corrected chi connectivity index (χ2v) is 6.70. The van der Waals surface area contributed by atoms with Gasteiger partial charge in [0.1, 0.15) is 6.29 Å². The molecule has 0 fully saturated rings. The molecule has 0 amide bonds. The van der Waals surface area contributed by atoms with Crippen molar-refractivity contribution in [1.29, 1.82) is 0 Å². The lowest BCUT2D eigenvalue weighted by Crippen LogP contribution is -2.10. The van der Waals surface area contributed by atoms with Gasteiger partial charge in [0.05, 0.1) is 5.56 Å². The number of aldehydes is 1. The van der Waals surface area contributed by atoms with Gasteiger partial charge in [-0.15, -0.1) is 0 Å². The van der Waals surface area contributed by atoms with Gasteiger partial charge in [-0.2, -0.15) is 13.2 Å². The summed E-state index contributed by atoms with van der Waals surface area (Å²) in [5.41, 5.74) is 1.89. The maximum Gasteiger partial charge on any atom is 0.416 e. The van der Waals surface area contributed by atoms with Gasteiger partial charge in [-0.1, -0.05) is 66.2 Å². The fourth-order valence-corrected chi connectivity index (χ4v) is 3.45. The quantitative estimate of drug-likeness (QED) is 0.453. The molecule has 0 aliphatic carbocycles. The zero-order valence-electron chi connectivity index (χ0n) is 14.2. The number of benzene rings is 3. The highest BCUT2D eigenvalue weighted by Crippen LogP contribution is 2.35. The Bertz CT molecular complexity index is 936. The van der Waals surface area contributed by atoms with E-state index in [1.807, 2.05) is 42.5 Å². The first-order chi connectivity index (χ1) is 12.9. The minimum absolute atomic E-state index is 0.0373. The van der Waals surface area contributed by atoms with Gasteiger partial charge in [0.15, 0.2) is 0 Å². The van der Waals surface area contributed by atoms with E-state index < -0.39 is 11.7 Å². The van der Waals surface area contributed by atoms with Crippen LogP contribution in [-0.2, 0) is 12.6 Å². The molecule has 0 aliphatic rings. The van der Waals surface area contributed by atoms with Gasteiger partial charge >= 0.3 is 6.18 Å². The molecule has 27 heavy (non-hydrogen) atoms. The van der Waals surface area contributed by atoms with Crippen molar-refractivity contribution in [2.75, 3.05) is 0 Å². The second kappa shape index (κ2) is 7.97. The Kier molecular flexibility index (Phi) is 5.66. The molecule has 0 saturated carbocycles. The van der Waals surface area contributed by atoms with Crippen LogP contribution in [0.5, 0.6) is 0 Å². The first-order valence-electron chi connectivity index (χ1n) is 8.34. The van der Waals surface area contributed by atoms with Crippen molar-refractivity contribution in [1.82, 2.24) is 0 Å². The third-order valence-corrected chi connectivity index (χ3v) is 4.64. The number of alkyl halides is 3. The molecule has 0 N–H and O–H groups in total. The van der Waals surface area contributed by atoms with Crippen LogP contribution in [0.2, 0.25) is 5.02 Å². The zero-order chi connectivity index (χ0) is 19.4. The normalized spacial score (nSPS) is 12.6. The molecule has 0 bridgehead atoms. The van der Waals surface area contributed by atoms with Gasteiger partial charge in [0.25, 0.3) is 0 Å². The van der Waals surface area contributed by atoms with Crippen molar-refractivity contribution in [2.45, 2.75) is 18.5 Å². The molecular weight excluding hydrogens is 373 g/mol. The van der Waals surface area contributed by atoms with Crippen molar-refractivity contribution in [3.05, 3.63) is 106 Å². The molecule has 1 unspecified atom stereocenters. The number of halogens is 4. The first-order valence-corrected chi connectivity index (χ1v) is 8.72. The van der Waals surface area contributed by atoms with E-state index in [0.717, 1.165) is 29.5 Å². The van der Waals surface area contributed by atoms with E-state index in [1.165, 1.54) is 6.07 Å². The monoisotopic (exact) mass is 388 g/mol. The maximum absolute atomic E-state index is 13.1. The van der Waals surface area contributed by atoms with Crippen molar-refractivity contribution in [3.8, 4) is 0 Å². The number of carbonyl (C=O) groups is 1. The molecule has 3 aromatic rings. The zero-order valence-corrected chi connectivity index (χ0v) is 15.0. The SMILES string of the molecule is O=Cc1ccccc1C(Cc1cc(Cl)cc(C(F)(F)F)c1)c1ccccc1. The van der Waals surface area contributed by atoms with Crippen molar-refractivity contribution in [3.63, 3.8) is 0 Å². The molecule has 0 spiro atoms. The van der Waals surface area contributed by atoms with E-state index in [2.05, 4.69) is 0 Å². The Balaban J connectivity index is 2.08. The van der Waals surface area contributed by atoms with Crippen LogP contribution in [0.25, 0.3) is 0 Å². The number of carbonyl (C=O) groups excluding carboxylic acids is 1. The van der Waals surface area contributed by atoms with E-state index in [9.17, 15) is 18.0 Å². The summed E-state index contributed by atoms with van der Waals surface area (Å²) in [7, 11) is 0. The molecule has 0 saturated heterocycles. The third kappa shape index (κ3) is 4.58. The molecule has 1 atom stereocenters. The van der Waals surface area contributed by atoms with Gasteiger partial charge in [-0.3, -0.25) is 4.79 Å². The molecule has 138 valence electrons. The van der Waals surface area contributed by atoms with Crippen LogP contribution in [-0.4, -0.2) is 6.29 Å². The van der Waals surface area contributed by atoms with Crippen LogP contribution in [0.15, 0.2) is 72.8 Å². The van der Waals surface area contributed by atoms with Gasteiger partial charge in [-0.25, -0.2) is 0 Å². The Morgan fingerprint density at radius 2 is 1.59 bits per heavy atom. The molecule has 0 radical (unpaired) electrons. The summed E-state index contributed by atoms with van der Waals surface area (Å²) in [5.74, 6) is -0.271. The highest BCUT2D eigenvalue weighted by molar-refractivity contribution is 6.30. The van der Waals surface area contributed by atoms with Gasteiger partial charge in [0, 0.05) is 16.5 Å². The molecule has 0 aromatic heterocycles. The Labute approximate surface area is 160 Å². The topological polar surface area (TPSA) is 17.1 Å². The van der Waals surface area contributed by atoms with Crippen LogP contribution in [0.3, 0.4) is 0 Å². The second-order valence-electron chi connectivity index (χ2n) is 6.26. The molecular formula is C22H16ClF3O. The summed E-state index contributed by atoms with van der Waals surface area (Å²) in [6.45, 7) is 0. The van der Waals surface area contributed by atoms with Crippen LogP contribution < -0.4 is 0 Å². The Morgan fingerprint density at radius 1 is 0.926 bits per heavy atom. The van der Waals surface area contributed by atoms with Crippen LogP contribution >= 0.6 is 11.6 Å². The van der Waals surface area contributed by atoms with Crippen LogP contribution in [0.1, 0.15) is 38.5 Å². The van der Waals surface area contributed by atoms with Gasteiger partial charge in [0.2, 0.25) is 0 Å². The fraction of sp³-hybridized carbons (Fsp3) is 0.136. The number of hydrogen-bond acceptors (Lipinski definition) is 1. The van der Waals surface area contributed by atoms with Crippen molar-refractivity contribution < 1.29 is 18.0 Å². The molecule has 3 rings (SSSR count). The fourth-order valence-electron chi connectivity index (χ4n) is 3.20. The lowest BCUT2D eigenvalue weighted by molar-refractivity contribution is -0.137. The maximum atomic E-state index is 13.1. The Morgan fingerprint density at radius 3 is 2.26 bits per heavy atom. The summed E-state index contributed by atoms with van der Waals surface area (Å²) in [6, 6.07) is 20.1. The standard InChI is InChI=1S/C22H16ClF3O/c23-19-11-15(10-18(13-19)22(24,25)26)12-21(16-6-2-1-3-7-16)20-9-5-4-8-17(20)14-27/h1-11,13-14,21H,12H2. The van der Waals surface area contributed by atoms with Gasteiger partial charge < -0.3 is 0 Å². The molecule has 1 nitrogen and oxygen atoms in total. The third-order valence-electron chi connectivity index (χ3n) is 4.43. The predicted molar refractivity (Wildman–Crippen MR) is 100 cm³/mol. The van der Waals surface area contributed by atoms with Crippen molar-refractivity contribution in [2.24, 2.45) is 0 Å². The number of rotatable bonds is 5. The highest BCUT2D eigenvalue weighted by atomic mass is 35.5. The molecule has 3 aromatic carbocycles. The summed E-state index contributed by atoms with van der Waals surface area (Å²) < 4.78 is 39.4. The smallest absolute Gasteiger partial charge is 0.298 e. The molecule has 5 heteroatoms. The Hall–Kier alpha value is -2.59. The predicted octanol–water partition coefficient (Wildman–Crippen LogP) is 6.55. The minimum atomic E-state index is -4.47.